The lowest BCUT2D eigenvalue weighted by Crippen LogP contribution is -2.27. The normalized spacial score (nSPS) is 13.1. The van der Waals surface area contributed by atoms with E-state index in [4.69, 9.17) is 5.73 Å². The second-order valence-electron chi connectivity index (χ2n) is 5.57. The third-order valence-corrected chi connectivity index (χ3v) is 3.47. The van der Waals surface area contributed by atoms with Crippen molar-refractivity contribution in [1.29, 1.82) is 0 Å². The molecule has 2 rings (SSSR count). The Morgan fingerprint density at radius 1 is 1.25 bits per heavy atom. The standard InChI is InChI=1S/C14H18F3N3/c1-4-7-13(2,3)20-11-6-5-9(14(15,16)17)8-10(11)19-12(20)18/h5-6,8H,4,7H2,1-3H3,(H2,18,19). The van der Waals surface area contributed by atoms with E-state index in [0.29, 0.717) is 5.52 Å². The summed E-state index contributed by atoms with van der Waals surface area (Å²) in [4.78, 5) is 4.08. The molecule has 110 valence electrons. The SMILES string of the molecule is CCCC(C)(C)n1c(N)nc2cc(C(F)(F)F)ccc21. The molecule has 0 unspecified atom stereocenters. The molecule has 1 aromatic carbocycles. The van der Waals surface area contributed by atoms with Crippen LogP contribution >= 0.6 is 0 Å². The monoisotopic (exact) mass is 285 g/mol. The van der Waals surface area contributed by atoms with Gasteiger partial charge in [-0.05, 0) is 38.5 Å². The van der Waals surface area contributed by atoms with Gasteiger partial charge in [0.05, 0.1) is 16.6 Å². The Morgan fingerprint density at radius 3 is 2.45 bits per heavy atom. The third kappa shape index (κ3) is 2.46. The Bertz CT molecular complexity index is 626. The second-order valence-corrected chi connectivity index (χ2v) is 5.57. The Morgan fingerprint density at radius 2 is 1.90 bits per heavy atom. The summed E-state index contributed by atoms with van der Waals surface area (Å²) in [6.07, 6.45) is -2.55. The summed E-state index contributed by atoms with van der Waals surface area (Å²) in [5.74, 6) is 0.248. The zero-order valence-electron chi connectivity index (χ0n) is 11.8. The molecular formula is C14H18F3N3. The number of anilines is 1. The number of rotatable bonds is 3. The van der Waals surface area contributed by atoms with E-state index in [9.17, 15) is 13.2 Å². The number of halogens is 3. The van der Waals surface area contributed by atoms with E-state index < -0.39 is 11.7 Å². The van der Waals surface area contributed by atoms with Crippen LogP contribution in [0.2, 0.25) is 0 Å². The van der Waals surface area contributed by atoms with Gasteiger partial charge < -0.3 is 10.3 Å². The van der Waals surface area contributed by atoms with Crippen molar-refractivity contribution in [3.8, 4) is 0 Å². The van der Waals surface area contributed by atoms with Crippen molar-refractivity contribution in [3.05, 3.63) is 23.8 Å². The van der Waals surface area contributed by atoms with Crippen LogP contribution in [0.1, 0.15) is 39.2 Å². The van der Waals surface area contributed by atoms with Crippen LogP contribution in [0, 0.1) is 0 Å². The fourth-order valence-electron chi connectivity index (χ4n) is 2.63. The van der Waals surface area contributed by atoms with Gasteiger partial charge in [-0.25, -0.2) is 4.98 Å². The minimum atomic E-state index is -4.37. The summed E-state index contributed by atoms with van der Waals surface area (Å²) in [6.45, 7) is 6.07. The molecule has 2 aromatic rings. The van der Waals surface area contributed by atoms with E-state index in [2.05, 4.69) is 11.9 Å². The maximum absolute atomic E-state index is 12.7. The van der Waals surface area contributed by atoms with E-state index in [1.807, 2.05) is 18.4 Å². The summed E-state index contributed by atoms with van der Waals surface area (Å²) in [7, 11) is 0. The van der Waals surface area contributed by atoms with Crippen molar-refractivity contribution in [2.45, 2.75) is 45.3 Å². The maximum Gasteiger partial charge on any atom is 0.416 e. The van der Waals surface area contributed by atoms with Crippen LogP contribution in [0.4, 0.5) is 19.1 Å². The highest BCUT2D eigenvalue weighted by Gasteiger charge is 2.32. The minimum absolute atomic E-state index is 0.248. The number of alkyl halides is 3. The summed E-state index contributed by atoms with van der Waals surface area (Å²) >= 11 is 0. The maximum atomic E-state index is 12.7. The van der Waals surface area contributed by atoms with Crippen molar-refractivity contribution < 1.29 is 13.2 Å². The molecule has 0 aliphatic heterocycles. The molecule has 0 spiro atoms. The Balaban J connectivity index is 2.62. The van der Waals surface area contributed by atoms with Crippen LogP contribution in [0.5, 0.6) is 0 Å². The van der Waals surface area contributed by atoms with Gasteiger partial charge in [-0.1, -0.05) is 13.3 Å². The molecule has 0 bridgehead atoms. The number of benzene rings is 1. The third-order valence-electron chi connectivity index (χ3n) is 3.47. The van der Waals surface area contributed by atoms with Crippen LogP contribution in [-0.2, 0) is 11.7 Å². The Labute approximate surface area is 115 Å². The van der Waals surface area contributed by atoms with Gasteiger partial charge in [-0.3, -0.25) is 0 Å². The largest absolute Gasteiger partial charge is 0.416 e. The summed E-state index contributed by atoms with van der Waals surface area (Å²) in [6, 6.07) is 3.56. The van der Waals surface area contributed by atoms with Crippen molar-refractivity contribution in [1.82, 2.24) is 9.55 Å². The number of nitrogens with zero attached hydrogens (tertiary/aromatic N) is 2. The summed E-state index contributed by atoms with van der Waals surface area (Å²) < 4.78 is 39.9. The summed E-state index contributed by atoms with van der Waals surface area (Å²) in [5, 5.41) is 0. The highest BCUT2D eigenvalue weighted by Crippen LogP contribution is 2.34. The molecule has 0 saturated heterocycles. The lowest BCUT2D eigenvalue weighted by atomic mass is 9.98. The van der Waals surface area contributed by atoms with Crippen molar-refractivity contribution >= 4 is 17.0 Å². The smallest absolute Gasteiger partial charge is 0.369 e. The number of nitrogen functional groups attached to an aromatic ring is 1. The van der Waals surface area contributed by atoms with Gasteiger partial charge in [-0.2, -0.15) is 13.2 Å². The first-order valence-electron chi connectivity index (χ1n) is 6.52. The molecule has 1 heterocycles. The van der Waals surface area contributed by atoms with Gasteiger partial charge in [0, 0.05) is 5.54 Å². The first kappa shape index (κ1) is 14.7. The van der Waals surface area contributed by atoms with E-state index in [1.165, 1.54) is 6.07 Å². The highest BCUT2D eigenvalue weighted by atomic mass is 19.4. The van der Waals surface area contributed by atoms with Gasteiger partial charge >= 0.3 is 6.18 Å². The Kier molecular flexibility index (Phi) is 3.44. The molecule has 0 aliphatic rings. The van der Waals surface area contributed by atoms with Gasteiger partial charge in [0.15, 0.2) is 0 Å². The molecule has 2 N–H and O–H groups in total. The molecule has 0 fully saturated rings. The second kappa shape index (κ2) is 4.68. The van der Waals surface area contributed by atoms with Crippen molar-refractivity contribution in [2.75, 3.05) is 5.73 Å². The average Bonchev–Trinajstić information content (AvgIpc) is 2.62. The van der Waals surface area contributed by atoms with E-state index in [1.54, 1.807) is 0 Å². The first-order valence-corrected chi connectivity index (χ1v) is 6.52. The number of hydrogen-bond donors (Lipinski definition) is 1. The lowest BCUT2D eigenvalue weighted by molar-refractivity contribution is -0.137. The fraction of sp³-hybridized carbons (Fsp3) is 0.500. The molecule has 0 radical (unpaired) electrons. The average molecular weight is 285 g/mol. The molecule has 0 aliphatic carbocycles. The number of aromatic nitrogens is 2. The van der Waals surface area contributed by atoms with Crippen LogP contribution in [0.15, 0.2) is 18.2 Å². The van der Waals surface area contributed by atoms with E-state index >= 15 is 0 Å². The minimum Gasteiger partial charge on any atom is -0.369 e. The quantitative estimate of drug-likeness (QED) is 0.919. The van der Waals surface area contributed by atoms with Crippen LogP contribution in [-0.4, -0.2) is 9.55 Å². The zero-order valence-corrected chi connectivity index (χ0v) is 11.8. The predicted octanol–water partition coefficient (Wildman–Crippen LogP) is 4.17. The van der Waals surface area contributed by atoms with Gasteiger partial charge in [0.2, 0.25) is 5.95 Å². The van der Waals surface area contributed by atoms with Crippen LogP contribution < -0.4 is 5.73 Å². The molecule has 1 aromatic heterocycles. The van der Waals surface area contributed by atoms with Crippen LogP contribution in [0.3, 0.4) is 0 Å². The Hall–Kier alpha value is -1.72. The van der Waals surface area contributed by atoms with Crippen LogP contribution in [0.25, 0.3) is 11.0 Å². The number of imidazole rings is 1. The number of hydrogen-bond acceptors (Lipinski definition) is 2. The summed E-state index contributed by atoms with van der Waals surface area (Å²) in [5.41, 5.74) is 5.82. The molecule has 0 atom stereocenters. The zero-order chi connectivity index (χ0) is 15.1. The molecule has 3 nitrogen and oxygen atoms in total. The molecule has 0 saturated carbocycles. The fourth-order valence-corrected chi connectivity index (χ4v) is 2.63. The van der Waals surface area contributed by atoms with Gasteiger partial charge in [0.1, 0.15) is 0 Å². The first-order chi connectivity index (χ1) is 9.16. The number of nitrogens with two attached hydrogens (primary N) is 1. The molecule has 0 amide bonds. The predicted molar refractivity (Wildman–Crippen MR) is 73.4 cm³/mol. The van der Waals surface area contributed by atoms with Crippen molar-refractivity contribution in [3.63, 3.8) is 0 Å². The number of fused-ring (bicyclic) bond motifs is 1. The van der Waals surface area contributed by atoms with Crippen molar-refractivity contribution in [2.24, 2.45) is 0 Å². The highest BCUT2D eigenvalue weighted by molar-refractivity contribution is 5.79. The van der Waals surface area contributed by atoms with E-state index in [0.717, 1.165) is 25.0 Å². The molecule has 6 heteroatoms. The van der Waals surface area contributed by atoms with Gasteiger partial charge in [-0.15, -0.1) is 0 Å². The topological polar surface area (TPSA) is 43.8 Å². The van der Waals surface area contributed by atoms with E-state index in [-0.39, 0.29) is 17.0 Å². The lowest BCUT2D eigenvalue weighted by Gasteiger charge is -2.28. The molecule has 20 heavy (non-hydrogen) atoms. The molecular weight excluding hydrogens is 267 g/mol. The van der Waals surface area contributed by atoms with Gasteiger partial charge in [0.25, 0.3) is 0 Å².